The standard InChI is InChI=1S/C13H13N3O4/c14-6-10-3-4-11(5-12(10)16(19)20)15(8-13(17)18)7-9-1-2-9/h3-5,9H,1-2,7-8H2,(H,17,18). The van der Waals surface area contributed by atoms with Gasteiger partial charge in [0, 0.05) is 18.3 Å². The number of hydrogen-bond donors (Lipinski definition) is 1. The molecule has 0 atom stereocenters. The van der Waals surface area contributed by atoms with Crippen molar-refractivity contribution >= 4 is 17.3 Å². The van der Waals surface area contributed by atoms with E-state index in [9.17, 15) is 14.9 Å². The van der Waals surface area contributed by atoms with Gasteiger partial charge in [-0.15, -0.1) is 0 Å². The summed E-state index contributed by atoms with van der Waals surface area (Å²) in [5.41, 5.74) is 0.140. The molecule has 1 saturated carbocycles. The monoisotopic (exact) mass is 275 g/mol. The van der Waals surface area contributed by atoms with E-state index in [4.69, 9.17) is 10.4 Å². The van der Waals surface area contributed by atoms with Gasteiger partial charge in [-0.25, -0.2) is 0 Å². The molecule has 1 aromatic rings. The number of hydrogen-bond acceptors (Lipinski definition) is 5. The Morgan fingerprint density at radius 2 is 2.25 bits per heavy atom. The number of carboxylic acids is 1. The highest BCUT2D eigenvalue weighted by Gasteiger charge is 2.26. The van der Waals surface area contributed by atoms with Crippen LogP contribution in [0.3, 0.4) is 0 Å². The van der Waals surface area contributed by atoms with Gasteiger partial charge in [0.2, 0.25) is 0 Å². The molecule has 0 bridgehead atoms. The van der Waals surface area contributed by atoms with Crippen molar-refractivity contribution in [1.82, 2.24) is 0 Å². The number of carbonyl (C=O) groups is 1. The van der Waals surface area contributed by atoms with E-state index in [1.54, 1.807) is 17.0 Å². The van der Waals surface area contributed by atoms with E-state index in [1.807, 2.05) is 0 Å². The van der Waals surface area contributed by atoms with Crippen LogP contribution in [0.25, 0.3) is 0 Å². The number of anilines is 1. The van der Waals surface area contributed by atoms with Crippen molar-refractivity contribution in [2.24, 2.45) is 5.92 Å². The molecule has 7 heteroatoms. The molecule has 0 heterocycles. The lowest BCUT2D eigenvalue weighted by Crippen LogP contribution is -2.31. The number of nitrogens with zero attached hydrogens (tertiary/aromatic N) is 3. The predicted octanol–water partition coefficient (Wildman–Crippen LogP) is 1.77. The number of nitro groups is 1. The highest BCUT2D eigenvalue weighted by molar-refractivity contribution is 5.74. The van der Waals surface area contributed by atoms with E-state index in [0.717, 1.165) is 12.8 Å². The van der Waals surface area contributed by atoms with Gasteiger partial charge in [0.05, 0.1) is 4.92 Å². The molecule has 1 aromatic carbocycles. The molecule has 1 aliphatic carbocycles. The van der Waals surface area contributed by atoms with Crippen molar-refractivity contribution in [1.29, 1.82) is 5.26 Å². The van der Waals surface area contributed by atoms with Gasteiger partial charge >= 0.3 is 5.97 Å². The Bertz CT molecular complexity index is 590. The molecular weight excluding hydrogens is 262 g/mol. The molecule has 0 saturated heterocycles. The van der Waals surface area contributed by atoms with E-state index < -0.39 is 10.9 Å². The van der Waals surface area contributed by atoms with Gasteiger partial charge in [-0.2, -0.15) is 5.26 Å². The zero-order valence-electron chi connectivity index (χ0n) is 10.7. The molecule has 0 radical (unpaired) electrons. The van der Waals surface area contributed by atoms with Crippen LogP contribution >= 0.6 is 0 Å². The Morgan fingerprint density at radius 3 is 2.75 bits per heavy atom. The molecule has 0 aromatic heterocycles. The first-order valence-corrected chi connectivity index (χ1v) is 6.16. The van der Waals surface area contributed by atoms with E-state index in [0.29, 0.717) is 18.2 Å². The normalized spacial score (nSPS) is 13.6. The minimum atomic E-state index is -0.988. The number of nitriles is 1. The zero-order chi connectivity index (χ0) is 14.7. The molecule has 7 nitrogen and oxygen atoms in total. The Hall–Kier alpha value is -2.62. The van der Waals surface area contributed by atoms with E-state index in [-0.39, 0.29) is 17.8 Å². The van der Waals surface area contributed by atoms with Crippen LogP contribution in [0.4, 0.5) is 11.4 Å². The lowest BCUT2D eigenvalue weighted by atomic mass is 10.1. The maximum atomic E-state index is 10.9. The number of rotatable bonds is 6. The van der Waals surface area contributed by atoms with Gasteiger partial charge in [0.1, 0.15) is 18.2 Å². The second-order valence-corrected chi connectivity index (χ2v) is 4.79. The van der Waals surface area contributed by atoms with Crippen LogP contribution in [0.15, 0.2) is 18.2 Å². The van der Waals surface area contributed by atoms with Gasteiger partial charge in [-0.3, -0.25) is 14.9 Å². The van der Waals surface area contributed by atoms with E-state index >= 15 is 0 Å². The SMILES string of the molecule is N#Cc1ccc(N(CC(=O)O)CC2CC2)cc1[N+](=O)[O-]. The average Bonchev–Trinajstić information content (AvgIpc) is 3.20. The largest absolute Gasteiger partial charge is 0.480 e. The lowest BCUT2D eigenvalue weighted by molar-refractivity contribution is -0.385. The maximum absolute atomic E-state index is 10.9. The quantitative estimate of drug-likeness (QED) is 0.626. The third kappa shape index (κ3) is 3.23. The summed E-state index contributed by atoms with van der Waals surface area (Å²) >= 11 is 0. The van der Waals surface area contributed by atoms with Crippen LogP contribution < -0.4 is 4.90 Å². The highest BCUT2D eigenvalue weighted by atomic mass is 16.6. The van der Waals surface area contributed by atoms with Crippen molar-refractivity contribution in [2.45, 2.75) is 12.8 Å². The van der Waals surface area contributed by atoms with Crippen molar-refractivity contribution in [3.05, 3.63) is 33.9 Å². The first kappa shape index (κ1) is 13.8. The molecule has 20 heavy (non-hydrogen) atoms. The summed E-state index contributed by atoms with van der Waals surface area (Å²) in [7, 11) is 0. The fourth-order valence-electron chi connectivity index (χ4n) is 2.00. The zero-order valence-corrected chi connectivity index (χ0v) is 10.7. The summed E-state index contributed by atoms with van der Waals surface area (Å²) in [6.07, 6.45) is 2.10. The minimum Gasteiger partial charge on any atom is -0.480 e. The van der Waals surface area contributed by atoms with Crippen LogP contribution in [-0.2, 0) is 4.79 Å². The molecule has 0 spiro atoms. The molecular formula is C13H13N3O4. The van der Waals surface area contributed by atoms with Crippen LogP contribution in [0.1, 0.15) is 18.4 Å². The third-order valence-corrected chi connectivity index (χ3v) is 3.17. The maximum Gasteiger partial charge on any atom is 0.323 e. The second-order valence-electron chi connectivity index (χ2n) is 4.79. The summed E-state index contributed by atoms with van der Waals surface area (Å²) in [4.78, 5) is 22.8. The second kappa shape index (κ2) is 5.57. The Morgan fingerprint density at radius 1 is 1.55 bits per heavy atom. The van der Waals surface area contributed by atoms with Gasteiger partial charge in [-0.05, 0) is 30.9 Å². The summed E-state index contributed by atoms with van der Waals surface area (Å²) in [5, 5.41) is 28.7. The molecule has 104 valence electrons. The molecule has 1 aliphatic rings. The van der Waals surface area contributed by atoms with Crippen molar-refractivity contribution < 1.29 is 14.8 Å². The van der Waals surface area contributed by atoms with Gasteiger partial charge in [-0.1, -0.05) is 0 Å². The first-order valence-electron chi connectivity index (χ1n) is 6.16. The van der Waals surface area contributed by atoms with Crippen molar-refractivity contribution in [3.8, 4) is 6.07 Å². The third-order valence-electron chi connectivity index (χ3n) is 3.17. The van der Waals surface area contributed by atoms with Crippen molar-refractivity contribution in [3.63, 3.8) is 0 Å². The van der Waals surface area contributed by atoms with Crippen LogP contribution in [0.2, 0.25) is 0 Å². The van der Waals surface area contributed by atoms with Gasteiger partial charge < -0.3 is 10.0 Å². The average molecular weight is 275 g/mol. The molecule has 0 unspecified atom stereocenters. The molecule has 0 aliphatic heterocycles. The number of aliphatic carboxylic acids is 1. The highest BCUT2D eigenvalue weighted by Crippen LogP contribution is 2.32. The molecule has 0 amide bonds. The Balaban J connectivity index is 2.32. The van der Waals surface area contributed by atoms with E-state index in [2.05, 4.69) is 0 Å². The summed E-state index contributed by atoms with van der Waals surface area (Å²) in [6.45, 7) is 0.356. The van der Waals surface area contributed by atoms with Crippen LogP contribution in [-0.4, -0.2) is 29.1 Å². The summed E-state index contributed by atoms with van der Waals surface area (Å²) in [6, 6.07) is 5.94. The number of benzene rings is 1. The fraction of sp³-hybridized carbons (Fsp3) is 0.385. The number of nitro benzene ring substituents is 1. The summed E-state index contributed by atoms with van der Waals surface area (Å²) in [5.74, 6) is -0.540. The Labute approximate surface area is 115 Å². The number of carboxylic acid groups (broad SMARTS) is 1. The van der Waals surface area contributed by atoms with Crippen LogP contribution in [0.5, 0.6) is 0 Å². The Kier molecular flexibility index (Phi) is 3.84. The minimum absolute atomic E-state index is 0.0274. The topological polar surface area (TPSA) is 107 Å². The smallest absolute Gasteiger partial charge is 0.323 e. The molecule has 1 fully saturated rings. The molecule has 2 rings (SSSR count). The lowest BCUT2D eigenvalue weighted by Gasteiger charge is -2.22. The fourth-order valence-corrected chi connectivity index (χ4v) is 2.00. The first-order chi connectivity index (χ1) is 9.51. The predicted molar refractivity (Wildman–Crippen MR) is 70.4 cm³/mol. The molecule has 1 N–H and O–H groups in total. The van der Waals surface area contributed by atoms with Gasteiger partial charge in [0.15, 0.2) is 0 Å². The van der Waals surface area contributed by atoms with Gasteiger partial charge in [0.25, 0.3) is 5.69 Å². The van der Waals surface area contributed by atoms with Crippen LogP contribution in [0, 0.1) is 27.4 Å². The van der Waals surface area contributed by atoms with Crippen molar-refractivity contribution in [2.75, 3.05) is 18.0 Å². The van der Waals surface area contributed by atoms with E-state index in [1.165, 1.54) is 12.1 Å². The summed E-state index contributed by atoms with van der Waals surface area (Å²) < 4.78 is 0.